The van der Waals surface area contributed by atoms with Crippen LogP contribution >= 0.6 is 23.6 Å². The highest BCUT2D eigenvalue weighted by atomic mass is 32.1. The number of fused-ring (bicyclic) bond motifs is 1. The van der Waals surface area contributed by atoms with Gasteiger partial charge in [-0.15, -0.1) is 11.3 Å². The summed E-state index contributed by atoms with van der Waals surface area (Å²) in [6.45, 7) is 4.38. The van der Waals surface area contributed by atoms with Gasteiger partial charge in [-0.3, -0.25) is 4.79 Å². The summed E-state index contributed by atoms with van der Waals surface area (Å²) in [7, 11) is 1.64. The Kier molecular flexibility index (Phi) is 4.91. The first kappa shape index (κ1) is 17.0. The average Bonchev–Trinajstić information content (AvgIpc) is 3.04. The zero-order chi connectivity index (χ0) is 17.3. The van der Waals surface area contributed by atoms with Crippen molar-refractivity contribution in [2.45, 2.75) is 39.3 Å². The molecule has 3 rings (SSSR count). The highest BCUT2D eigenvalue weighted by Crippen LogP contribution is 2.34. The van der Waals surface area contributed by atoms with Gasteiger partial charge >= 0.3 is 0 Å². The zero-order valence-corrected chi connectivity index (χ0v) is 15.5. The smallest absolute Gasteiger partial charge is 0.225 e. The van der Waals surface area contributed by atoms with Gasteiger partial charge in [0.15, 0.2) is 3.95 Å². The molecule has 2 aromatic rings. The number of ether oxygens (including phenoxy) is 2. The van der Waals surface area contributed by atoms with Crippen LogP contribution in [0.25, 0.3) is 0 Å². The lowest BCUT2D eigenvalue weighted by Gasteiger charge is -2.12. The van der Waals surface area contributed by atoms with Crippen LogP contribution in [0.15, 0.2) is 12.1 Å². The van der Waals surface area contributed by atoms with E-state index in [0.29, 0.717) is 16.9 Å². The summed E-state index contributed by atoms with van der Waals surface area (Å²) in [6.07, 6.45) is 1.39. The van der Waals surface area contributed by atoms with Gasteiger partial charge in [0.2, 0.25) is 5.91 Å². The molecule has 0 fully saturated rings. The number of H-pyrrole nitrogens is 1. The van der Waals surface area contributed by atoms with Crippen LogP contribution in [-0.4, -0.2) is 24.1 Å². The fourth-order valence-electron chi connectivity index (χ4n) is 2.82. The Bertz CT molecular complexity index is 826. The standard InChI is InChI=1S/C17H20N2O3S2/c1-9-4-11-5-13(21-3)12(6-14(11)22-9)8-18-16(20)7-15-10(2)19-17(23)24-15/h5-6,9H,4,7-8H2,1-3H3,(H,18,20)(H,19,23)/t9-/m0/s1. The highest BCUT2D eigenvalue weighted by Gasteiger charge is 2.21. The van der Waals surface area contributed by atoms with Crippen molar-refractivity contribution in [3.05, 3.63) is 37.8 Å². The second-order valence-electron chi connectivity index (χ2n) is 5.92. The summed E-state index contributed by atoms with van der Waals surface area (Å²) in [5, 5.41) is 2.95. The van der Waals surface area contributed by atoms with Gasteiger partial charge in [-0.05, 0) is 38.2 Å². The van der Waals surface area contributed by atoms with Crippen LogP contribution in [0.2, 0.25) is 0 Å². The molecule has 0 saturated carbocycles. The molecule has 2 N–H and O–H groups in total. The van der Waals surface area contributed by atoms with Gasteiger partial charge in [0.1, 0.15) is 17.6 Å². The Morgan fingerprint density at radius 1 is 1.54 bits per heavy atom. The first-order valence-electron chi connectivity index (χ1n) is 7.78. The second-order valence-corrected chi connectivity index (χ2v) is 7.69. The molecule has 24 heavy (non-hydrogen) atoms. The first-order valence-corrected chi connectivity index (χ1v) is 9.00. The Morgan fingerprint density at radius 2 is 2.33 bits per heavy atom. The third-order valence-electron chi connectivity index (χ3n) is 4.02. The van der Waals surface area contributed by atoms with Crippen LogP contribution in [0.5, 0.6) is 11.5 Å². The molecule has 5 nitrogen and oxygen atoms in total. The molecule has 0 bridgehead atoms. The van der Waals surface area contributed by atoms with Crippen LogP contribution in [0.1, 0.15) is 28.6 Å². The van der Waals surface area contributed by atoms with Crippen molar-refractivity contribution in [3.63, 3.8) is 0 Å². The number of benzene rings is 1. The van der Waals surface area contributed by atoms with E-state index in [9.17, 15) is 4.79 Å². The number of hydrogen-bond acceptors (Lipinski definition) is 5. The van der Waals surface area contributed by atoms with E-state index in [2.05, 4.69) is 10.3 Å². The lowest BCUT2D eigenvalue weighted by Crippen LogP contribution is -2.24. The third-order valence-corrected chi connectivity index (χ3v) is 5.36. The predicted octanol–water partition coefficient (Wildman–Crippen LogP) is 3.31. The number of aromatic amines is 1. The summed E-state index contributed by atoms with van der Waals surface area (Å²) >= 11 is 6.55. The molecule has 7 heteroatoms. The second kappa shape index (κ2) is 6.94. The number of carbonyl (C=O) groups excluding carboxylic acids is 1. The van der Waals surface area contributed by atoms with Gasteiger partial charge in [-0.1, -0.05) is 0 Å². The summed E-state index contributed by atoms with van der Waals surface area (Å²) < 4.78 is 11.9. The molecule has 0 saturated heterocycles. The molecule has 0 spiro atoms. The van der Waals surface area contributed by atoms with Gasteiger partial charge in [-0.2, -0.15) is 0 Å². The normalized spacial score (nSPS) is 15.7. The molecule has 1 aliphatic rings. The van der Waals surface area contributed by atoms with E-state index in [1.165, 1.54) is 11.3 Å². The van der Waals surface area contributed by atoms with Crippen LogP contribution in [0, 0.1) is 10.9 Å². The van der Waals surface area contributed by atoms with Crippen LogP contribution < -0.4 is 14.8 Å². The molecule has 1 aromatic heterocycles. The SMILES string of the molecule is COc1cc2c(cc1CNC(=O)Cc1sc(=S)[nH]c1C)O[C@@H](C)C2. The number of amides is 1. The number of methoxy groups -OCH3 is 1. The maximum Gasteiger partial charge on any atom is 0.225 e. The number of rotatable bonds is 5. The van der Waals surface area contributed by atoms with Crippen molar-refractivity contribution in [1.29, 1.82) is 0 Å². The predicted molar refractivity (Wildman–Crippen MR) is 96.6 cm³/mol. The van der Waals surface area contributed by atoms with Crippen molar-refractivity contribution < 1.29 is 14.3 Å². The molecule has 1 aliphatic heterocycles. The molecule has 0 radical (unpaired) electrons. The monoisotopic (exact) mass is 364 g/mol. The largest absolute Gasteiger partial charge is 0.496 e. The molecule has 1 amide bonds. The van der Waals surface area contributed by atoms with Crippen molar-refractivity contribution in [2.75, 3.05) is 7.11 Å². The minimum absolute atomic E-state index is 0.0415. The Balaban J connectivity index is 1.68. The maximum absolute atomic E-state index is 12.2. The van der Waals surface area contributed by atoms with Crippen molar-refractivity contribution in [1.82, 2.24) is 10.3 Å². The maximum atomic E-state index is 12.2. The number of thiazole rings is 1. The number of carbonyl (C=O) groups is 1. The number of hydrogen-bond donors (Lipinski definition) is 2. The number of aryl methyl sites for hydroxylation is 1. The number of aromatic nitrogens is 1. The summed E-state index contributed by atoms with van der Waals surface area (Å²) in [4.78, 5) is 16.2. The summed E-state index contributed by atoms with van der Waals surface area (Å²) in [5.41, 5.74) is 3.02. The quantitative estimate of drug-likeness (QED) is 0.799. The van der Waals surface area contributed by atoms with Gasteiger partial charge in [-0.25, -0.2) is 0 Å². The minimum atomic E-state index is -0.0415. The van der Waals surface area contributed by atoms with Crippen LogP contribution in [0.3, 0.4) is 0 Å². The zero-order valence-electron chi connectivity index (χ0n) is 13.9. The molecule has 2 heterocycles. The Hall–Kier alpha value is -1.86. The van der Waals surface area contributed by atoms with E-state index < -0.39 is 0 Å². The molecular formula is C17H20N2O3S2. The van der Waals surface area contributed by atoms with E-state index in [1.54, 1.807) is 7.11 Å². The Morgan fingerprint density at radius 3 is 3.00 bits per heavy atom. The fraction of sp³-hybridized carbons (Fsp3) is 0.412. The van der Waals surface area contributed by atoms with E-state index in [0.717, 1.165) is 39.6 Å². The van der Waals surface area contributed by atoms with Gasteiger partial charge in [0.05, 0.1) is 13.5 Å². The fourth-order valence-corrected chi connectivity index (χ4v) is 4.11. The van der Waals surface area contributed by atoms with Crippen molar-refractivity contribution in [3.8, 4) is 11.5 Å². The van der Waals surface area contributed by atoms with Gasteiger partial charge in [0, 0.05) is 34.7 Å². The topological polar surface area (TPSA) is 63.3 Å². The van der Waals surface area contributed by atoms with Gasteiger partial charge < -0.3 is 19.8 Å². The molecule has 0 unspecified atom stereocenters. The highest BCUT2D eigenvalue weighted by molar-refractivity contribution is 7.73. The first-order chi connectivity index (χ1) is 11.5. The molecule has 1 aromatic carbocycles. The lowest BCUT2D eigenvalue weighted by atomic mass is 10.1. The molecule has 1 atom stereocenters. The van der Waals surface area contributed by atoms with E-state index in [1.807, 2.05) is 26.0 Å². The molecule has 128 valence electrons. The summed E-state index contributed by atoms with van der Waals surface area (Å²) in [6, 6.07) is 3.96. The van der Waals surface area contributed by atoms with Crippen molar-refractivity contribution in [2.24, 2.45) is 0 Å². The van der Waals surface area contributed by atoms with E-state index >= 15 is 0 Å². The number of nitrogens with one attached hydrogen (secondary N) is 2. The van der Waals surface area contributed by atoms with Gasteiger partial charge in [0.25, 0.3) is 0 Å². The van der Waals surface area contributed by atoms with E-state index in [-0.39, 0.29) is 12.0 Å². The van der Waals surface area contributed by atoms with Crippen molar-refractivity contribution >= 4 is 29.5 Å². The summed E-state index contributed by atoms with van der Waals surface area (Å²) in [5.74, 6) is 1.62. The minimum Gasteiger partial charge on any atom is -0.496 e. The van der Waals surface area contributed by atoms with Crippen LogP contribution in [-0.2, 0) is 24.2 Å². The molecular weight excluding hydrogens is 344 g/mol. The van der Waals surface area contributed by atoms with E-state index in [4.69, 9.17) is 21.7 Å². The Labute approximate surface area is 150 Å². The van der Waals surface area contributed by atoms with Crippen LogP contribution in [0.4, 0.5) is 0 Å². The lowest BCUT2D eigenvalue weighted by molar-refractivity contribution is -0.120. The molecule has 0 aliphatic carbocycles. The third kappa shape index (κ3) is 3.62. The average molecular weight is 364 g/mol.